The summed E-state index contributed by atoms with van der Waals surface area (Å²) in [6, 6.07) is 0. The van der Waals surface area contributed by atoms with Gasteiger partial charge in [0.25, 0.3) is 0 Å². The first-order valence-electron chi connectivity index (χ1n) is 2.61. The molecule has 0 amide bonds. The van der Waals surface area contributed by atoms with Crippen molar-refractivity contribution in [3.05, 3.63) is 0 Å². The topological polar surface area (TPSA) is 9.23 Å². The zero-order chi connectivity index (χ0) is 6.62. The van der Waals surface area contributed by atoms with Gasteiger partial charge in [-0.2, -0.15) is 0 Å². The Balaban J connectivity index is 3.69. The number of methoxy groups -OCH3 is 1. The molecule has 0 heterocycles. The summed E-state index contributed by atoms with van der Waals surface area (Å²) in [5, 5.41) is 0. The van der Waals surface area contributed by atoms with Gasteiger partial charge in [-0.15, -0.1) is 0 Å². The fourth-order valence-electron chi connectivity index (χ4n) is 0.204. The quantitative estimate of drug-likeness (QED) is 0.486. The first-order valence-corrected chi connectivity index (χ1v) is 16.2. The summed E-state index contributed by atoms with van der Waals surface area (Å²) in [7, 11) is 1.60. The van der Waals surface area contributed by atoms with Crippen LogP contribution in [0.25, 0.3) is 0 Å². The molecule has 0 rings (SSSR count). The molecule has 0 spiro atoms. The van der Waals surface area contributed by atoms with E-state index in [4.69, 9.17) is 0 Å². The van der Waals surface area contributed by atoms with Gasteiger partial charge in [-0.3, -0.25) is 0 Å². The molecule has 0 aromatic heterocycles. The molecule has 0 fully saturated rings. The van der Waals surface area contributed by atoms with Crippen molar-refractivity contribution in [3.63, 3.8) is 0 Å². The molecule has 0 saturated heterocycles. The fourth-order valence-corrected chi connectivity index (χ4v) is 1.79. The third kappa shape index (κ3) is 6.28. The molecule has 46 valence electrons. The molecule has 0 aromatic rings. The SMILES string of the molecule is COC#[C][Pb]([CH3])([CH3])[CH3]. The molecule has 1 nitrogen and oxygen atoms in total. The minimum atomic E-state index is -1.90. The number of ether oxygens (including phenoxy) is 1. The van der Waals surface area contributed by atoms with Crippen molar-refractivity contribution in [2.75, 3.05) is 7.11 Å². The van der Waals surface area contributed by atoms with E-state index in [1.54, 1.807) is 7.11 Å². The van der Waals surface area contributed by atoms with Crippen LogP contribution in [0.3, 0.4) is 0 Å². The van der Waals surface area contributed by atoms with Crippen molar-refractivity contribution in [2.45, 2.75) is 13.4 Å². The van der Waals surface area contributed by atoms with Gasteiger partial charge in [0.05, 0.1) is 0 Å². The van der Waals surface area contributed by atoms with Crippen molar-refractivity contribution < 1.29 is 4.74 Å². The van der Waals surface area contributed by atoms with Gasteiger partial charge in [0, 0.05) is 0 Å². The van der Waals surface area contributed by atoms with Crippen LogP contribution >= 0.6 is 0 Å². The third-order valence-electron chi connectivity index (χ3n) is 0.528. The molecular weight excluding hydrogens is 295 g/mol. The Hall–Kier alpha value is 0.282. The van der Waals surface area contributed by atoms with Crippen LogP contribution in [-0.2, 0) is 4.74 Å². The van der Waals surface area contributed by atoms with Crippen LogP contribution in [0.1, 0.15) is 0 Å². The molecule has 0 aliphatic heterocycles. The van der Waals surface area contributed by atoms with Crippen LogP contribution in [0.4, 0.5) is 0 Å². The molecule has 8 heavy (non-hydrogen) atoms. The molecule has 0 aliphatic rings. The average molecular weight is 307 g/mol. The Labute approximate surface area is 56.1 Å². The maximum atomic E-state index is 4.61. The first-order chi connectivity index (χ1) is 3.56. The van der Waals surface area contributed by atoms with Crippen LogP contribution in [0.2, 0.25) is 13.4 Å². The van der Waals surface area contributed by atoms with Gasteiger partial charge in [-0.05, 0) is 0 Å². The zero-order valence-corrected chi connectivity index (χ0v) is 9.80. The summed E-state index contributed by atoms with van der Waals surface area (Å²) in [6.45, 7) is 0. The average Bonchev–Trinajstić information content (AvgIpc) is 1.59. The van der Waals surface area contributed by atoms with E-state index >= 15 is 0 Å². The van der Waals surface area contributed by atoms with Crippen LogP contribution < -0.4 is 0 Å². The Morgan fingerprint density at radius 2 is 1.75 bits per heavy atom. The van der Waals surface area contributed by atoms with Gasteiger partial charge in [0.2, 0.25) is 0 Å². The number of rotatable bonds is 0. The number of hydrogen-bond acceptors (Lipinski definition) is 1. The second-order valence-electron chi connectivity index (χ2n) is 2.68. The third-order valence-corrected chi connectivity index (χ3v) is 3.84. The molecule has 0 saturated carbocycles. The standard InChI is InChI=1S/C3H3O.3CH3.Pb/c1-3-4-2;;;;/h2H3;3*1H3;. The van der Waals surface area contributed by atoms with Gasteiger partial charge in [0.15, 0.2) is 0 Å². The molecule has 0 aliphatic carbocycles. The Morgan fingerprint density at radius 3 is 1.88 bits per heavy atom. The van der Waals surface area contributed by atoms with Crippen LogP contribution in [0, 0.1) is 9.59 Å². The van der Waals surface area contributed by atoms with E-state index in [1.807, 2.05) is 0 Å². The summed E-state index contributed by atoms with van der Waals surface area (Å²) >= 11 is -1.90. The summed E-state index contributed by atoms with van der Waals surface area (Å²) in [4.78, 5) is 0. The fraction of sp³-hybridized carbons (Fsp3) is 0.667. The maximum absolute atomic E-state index is 4.61. The van der Waals surface area contributed by atoms with Crippen LogP contribution in [-0.4, -0.2) is 28.3 Å². The van der Waals surface area contributed by atoms with Crippen molar-refractivity contribution in [3.8, 4) is 9.59 Å². The van der Waals surface area contributed by atoms with E-state index in [9.17, 15) is 0 Å². The van der Waals surface area contributed by atoms with Crippen molar-refractivity contribution in [1.82, 2.24) is 0 Å². The molecule has 0 bridgehead atoms. The van der Waals surface area contributed by atoms with Crippen molar-refractivity contribution in [1.29, 1.82) is 0 Å². The number of hydrogen-bond donors (Lipinski definition) is 0. The molecule has 0 radical (unpaired) electrons. The normalized spacial score (nSPS) is 9.50. The molecule has 0 N–H and O–H groups in total. The second kappa shape index (κ2) is 3.34. The molecule has 0 atom stereocenters. The second-order valence-corrected chi connectivity index (χ2v) is 21.1. The van der Waals surface area contributed by atoms with Crippen molar-refractivity contribution in [2.24, 2.45) is 0 Å². The zero-order valence-electron chi connectivity index (χ0n) is 5.91. The molecular formula is C6H12OPb. The Bertz CT molecular complexity index is 113. The first kappa shape index (κ1) is 8.28. The Kier molecular flexibility index (Phi) is 3.45. The van der Waals surface area contributed by atoms with E-state index in [0.717, 1.165) is 0 Å². The summed E-state index contributed by atoms with van der Waals surface area (Å²) in [6.07, 6.45) is 2.64. The van der Waals surface area contributed by atoms with E-state index in [2.05, 4.69) is 27.8 Å². The molecule has 0 aromatic carbocycles. The van der Waals surface area contributed by atoms with E-state index in [1.165, 1.54) is 0 Å². The van der Waals surface area contributed by atoms with Gasteiger partial charge >= 0.3 is 56.1 Å². The summed E-state index contributed by atoms with van der Waals surface area (Å²) < 4.78 is 14.5. The predicted molar refractivity (Wildman–Crippen MR) is 38.1 cm³/mol. The van der Waals surface area contributed by atoms with Gasteiger partial charge in [-0.1, -0.05) is 0 Å². The minimum absolute atomic E-state index is 1.60. The molecule has 2 heteroatoms. The van der Waals surface area contributed by atoms with Gasteiger partial charge in [-0.25, -0.2) is 0 Å². The van der Waals surface area contributed by atoms with E-state index in [-0.39, 0.29) is 0 Å². The van der Waals surface area contributed by atoms with Gasteiger partial charge in [0.1, 0.15) is 0 Å². The van der Waals surface area contributed by atoms with Gasteiger partial charge < -0.3 is 0 Å². The van der Waals surface area contributed by atoms with Crippen molar-refractivity contribution >= 4 is 21.2 Å². The van der Waals surface area contributed by atoms with E-state index < -0.39 is 21.2 Å². The Morgan fingerprint density at radius 1 is 1.25 bits per heavy atom. The van der Waals surface area contributed by atoms with Crippen LogP contribution in [0.15, 0.2) is 0 Å². The molecule has 0 unspecified atom stereocenters. The predicted octanol–water partition coefficient (Wildman–Crippen LogP) is 1.47. The summed E-state index contributed by atoms with van der Waals surface area (Å²) in [5.41, 5.74) is 0. The summed E-state index contributed by atoms with van der Waals surface area (Å²) in [5.74, 6) is 0. The van der Waals surface area contributed by atoms with E-state index in [0.29, 0.717) is 0 Å². The monoisotopic (exact) mass is 308 g/mol. The van der Waals surface area contributed by atoms with Crippen LogP contribution in [0.5, 0.6) is 0 Å².